The molecule has 0 amide bonds. The van der Waals surface area contributed by atoms with Crippen LogP contribution in [0.4, 0.5) is 0 Å². The van der Waals surface area contributed by atoms with Crippen LogP contribution in [-0.2, 0) is 0 Å². The van der Waals surface area contributed by atoms with E-state index < -0.39 is 11.6 Å². The Morgan fingerprint density at radius 2 is 1.89 bits per heavy atom. The zero-order chi connectivity index (χ0) is 14.5. The van der Waals surface area contributed by atoms with Gasteiger partial charge in [-0.25, -0.2) is 0 Å². The van der Waals surface area contributed by atoms with Gasteiger partial charge in [-0.3, -0.25) is 0 Å². The van der Waals surface area contributed by atoms with Crippen LogP contribution in [0.3, 0.4) is 0 Å². The summed E-state index contributed by atoms with van der Waals surface area (Å²) >= 11 is 11.9. The summed E-state index contributed by atoms with van der Waals surface area (Å²) in [7, 11) is 0. The maximum Gasteiger partial charge on any atom is 0.0929 e. The molecule has 0 spiro atoms. The van der Waals surface area contributed by atoms with Crippen LogP contribution >= 0.6 is 23.2 Å². The molecule has 0 radical (unpaired) electrons. The van der Waals surface area contributed by atoms with Crippen LogP contribution < -0.4 is 5.32 Å². The average Bonchev–Trinajstić information content (AvgIpc) is 2.43. The Hall–Kier alpha value is -0.360. The molecule has 4 nitrogen and oxygen atoms in total. The van der Waals surface area contributed by atoms with Crippen molar-refractivity contribution < 1.29 is 15.3 Å². The fraction of sp³-hybridized carbons (Fsp3) is 0.538. The molecular formula is C13H19Cl2NO3. The van der Waals surface area contributed by atoms with Gasteiger partial charge in [0.1, 0.15) is 0 Å². The molecule has 0 aliphatic heterocycles. The molecule has 108 valence electrons. The Balaban J connectivity index is 2.74. The molecule has 19 heavy (non-hydrogen) atoms. The van der Waals surface area contributed by atoms with Gasteiger partial charge < -0.3 is 20.6 Å². The second-order valence-corrected chi connectivity index (χ2v) is 5.36. The fourth-order valence-corrected chi connectivity index (χ4v) is 2.13. The highest BCUT2D eigenvalue weighted by molar-refractivity contribution is 6.33. The van der Waals surface area contributed by atoms with Crippen molar-refractivity contribution in [1.29, 1.82) is 0 Å². The molecular weight excluding hydrogens is 289 g/mol. The summed E-state index contributed by atoms with van der Waals surface area (Å²) in [5.41, 5.74) is -0.283. The Bertz CT molecular complexity index is 403. The normalized spacial score (nSPS) is 13.6. The molecule has 6 heteroatoms. The molecule has 1 rings (SSSR count). The van der Waals surface area contributed by atoms with Gasteiger partial charge in [-0.15, -0.1) is 0 Å². The van der Waals surface area contributed by atoms with Crippen LogP contribution in [0.15, 0.2) is 18.2 Å². The lowest BCUT2D eigenvalue weighted by atomic mass is 9.97. The number of β-amino-alcohol motifs (C(OH)–C–C–N with tert-alkyl or cyclic N) is 1. The van der Waals surface area contributed by atoms with E-state index in [0.29, 0.717) is 22.0 Å². The number of nitrogens with one attached hydrogen (secondary N) is 1. The third-order valence-electron chi connectivity index (χ3n) is 3.27. The molecule has 0 aliphatic rings. The van der Waals surface area contributed by atoms with Crippen LogP contribution in [0, 0.1) is 0 Å². The van der Waals surface area contributed by atoms with E-state index in [1.54, 1.807) is 18.2 Å². The highest BCUT2D eigenvalue weighted by Gasteiger charge is 2.27. The summed E-state index contributed by atoms with van der Waals surface area (Å²) in [4.78, 5) is 0. The second kappa shape index (κ2) is 7.43. The van der Waals surface area contributed by atoms with E-state index >= 15 is 0 Å². The topological polar surface area (TPSA) is 72.7 Å². The van der Waals surface area contributed by atoms with Crippen molar-refractivity contribution in [3.63, 3.8) is 0 Å². The van der Waals surface area contributed by atoms with Gasteiger partial charge >= 0.3 is 0 Å². The number of hydrogen-bond donors (Lipinski definition) is 4. The quantitative estimate of drug-likeness (QED) is 0.619. The van der Waals surface area contributed by atoms with E-state index in [1.165, 1.54) is 0 Å². The first-order valence-corrected chi connectivity index (χ1v) is 6.83. The predicted octanol–water partition coefficient (Wildman–Crippen LogP) is 1.75. The highest BCUT2D eigenvalue weighted by Crippen LogP contribution is 2.26. The minimum Gasteiger partial charge on any atom is -0.394 e. The molecule has 0 aromatic heterocycles. The number of benzene rings is 1. The summed E-state index contributed by atoms with van der Waals surface area (Å²) < 4.78 is 0. The first kappa shape index (κ1) is 16.7. The standard InChI is InChI=1S/C13H19Cl2NO3/c1-2-13(7-17,8-18)16-6-12(19)10-5-9(14)3-4-11(10)15/h3-5,12,16-19H,2,6-8H2,1H3. The van der Waals surface area contributed by atoms with Crippen molar-refractivity contribution >= 4 is 23.2 Å². The minimum absolute atomic E-state index is 0.162. The molecule has 0 fully saturated rings. The second-order valence-electron chi connectivity index (χ2n) is 4.51. The average molecular weight is 308 g/mol. The maximum atomic E-state index is 10.1. The molecule has 0 saturated carbocycles. The van der Waals surface area contributed by atoms with Crippen molar-refractivity contribution in [2.24, 2.45) is 0 Å². The Morgan fingerprint density at radius 3 is 2.42 bits per heavy atom. The lowest BCUT2D eigenvalue weighted by Gasteiger charge is -2.31. The van der Waals surface area contributed by atoms with Crippen molar-refractivity contribution in [3.05, 3.63) is 33.8 Å². The molecule has 1 unspecified atom stereocenters. The van der Waals surface area contributed by atoms with Gasteiger partial charge in [0.15, 0.2) is 0 Å². The molecule has 0 saturated heterocycles. The largest absolute Gasteiger partial charge is 0.394 e. The van der Waals surface area contributed by atoms with Crippen LogP contribution in [0.25, 0.3) is 0 Å². The maximum absolute atomic E-state index is 10.1. The molecule has 4 N–H and O–H groups in total. The molecule has 1 aromatic rings. The summed E-state index contributed by atoms with van der Waals surface area (Å²) in [6, 6.07) is 4.86. The van der Waals surface area contributed by atoms with Crippen molar-refractivity contribution in [2.75, 3.05) is 19.8 Å². The molecule has 0 heterocycles. The Kier molecular flexibility index (Phi) is 6.53. The van der Waals surface area contributed by atoms with E-state index in [0.717, 1.165) is 0 Å². The van der Waals surface area contributed by atoms with Crippen LogP contribution in [-0.4, -0.2) is 40.6 Å². The summed E-state index contributed by atoms with van der Waals surface area (Å²) in [5, 5.41) is 32.6. The third-order valence-corrected chi connectivity index (χ3v) is 3.85. The van der Waals surface area contributed by atoms with Gasteiger partial charge in [0, 0.05) is 22.2 Å². The van der Waals surface area contributed by atoms with Crippen LogP contribution in [0.5, 0.6) is 0 Å². The SMILES string of the molecule is CCC(CO)(CO)NCC(O)c1cc(Cl)ccc1Cl. The zero-order valence-electron chi connectivity index (χ0n) is 10.7. The number of halogens is 2. The van der Waals surface area contributed by atoms with Gasteiger partial charge in [-0.1, -0.05) is 30.1 Å². The first-order valence-electron chi connectivity index (χ1n) is 6.07. The zero-order valence-corrected chi connectivity index (χ0v) is 12.2. The predicted molar refractivity (Wildman–Crippen MR) is 76.6 cm³/mol. The van der Waals surface area contributed by atoms with E-state index in [-0.39, 0.29) is 19.8 Å². The summed E-state index contributed by atoms with van der Waals surface area (Å²) in [6.45, 7) is 1.58. The van der Waals surface area contributed by atoms with Crippen molar-refractivity contribution in [1.82, 2.24) is 5.32 Å². The van der Waals surface area contributed by atoms with E-state index in [1.807, 2.05) is 6.92 Å². The van der Waals surface area contributed by atoms with Gasteiger partial charge in [-0.2, -0.15) is 0 Å². The molecule has 1 aromatic carbocycles. The lowest BCUT2D eigenvalue weighted by molar-refractivity contribution is 0.0707. The van der Waals surface area contributed by atoms with Gasteiger partial charge in [0.2, 0.25) is 0 Å². The third kappa shape index (κ3) is 4.31. The van der Waals surface area contributed by atoms with E-state index in [9.17, 15) is 15.3 Å². The van der Waals surface area contributed by atoms with Crippen LogP contribution in [0.2, 0.25) is 10.0 Å². The first-order chi connectivity index (χ1) is 8.98. The molecule has 0 bridgehead atoms. The van der Waals surface area contributed by atoms with Crippen molar-refractivity contribution in [3.8, 4) is 0 Å². The molecule has 0 aliphatic carbocycles. The summed E-state index contributed by atoms with van der Waals surface area (Å²) in [6.07, 6.45) is -0.328. The number of rotatable bonds is 7. The molecule has 1 atom stereocenters. The van der Waals surface area contributed by atoms with Crippen molar-refractivity contribution in [2.45, 2.75) is 25.0 Å². The van der Waals surface area contributed by atoms with E-state index in [2.05, 4.69) is 5.32 Å². The van der Waals surface area contributed by atoms with Gasteiger partial charge in [0.25, 0.3) is 0 Å². The minimum atomic E-state index is -0.866. The van der Waals surface area contributed by atoms with E-state index in [4.69, 9.17) is 23.2 Å². The Morgan fingerprint density at radius 1 is 1.26 bits per heavy atom. The van der Waals surface area contributed by atoms with Gasteiger partial charge in [-0.05, 0) is 24.6 Å². The highest BCUT2D eigenvalue weighted by atomic mass is 35.5. The number of aliphatic hydroxyl groups is 3. The lowest BCUT2D eigenvalue weighted by Crippen LogP contribution is -2.52. The number of aliphatic hydroxyl groups excluding tert-OH is 3. The number of hydrogen-bond acceptors (Lipinski definition) is 4. The fourth-order valence-electron chi connectivity index (χ4n) is 1.70. The Labute approximate surface area is 123 Å². The van der Waals surface area contributed by atoms with Crippen LogP contribution in [0.1, 0.15) is 25.0 Å². The smallest absolute Gasteiger partial charge is 0.0929 e. The monoisotopic (exact) mass is 307 g/mol. The van der Waals surface area contributed by atoms with Gasteiger partial charge in [0.05, 0.1) is 24.9 Å². The summed E-state index contributed by atoms with van der Waals surface area (Å²) in [5.74, 6) is 0.